The summed E-state index contributed by atoms with van der Waals surface area (Å²) in [5, 5.41) is 0. The van der Waals surface area contributed by atoms with E-state index in [1.807, 2.05) is 25.1 Å². The van der Waals surface area contributed by atoms with E-state index in [0.29, 0.717) is 5.69 Å². The van der Waals surface area contributed by atoms with Crippen molar-refractivity contribution in [2.75, 3.05) is 44.9 Å². The fourth-order valence-corrected chi connectivity index (χ4v) is 3.47. The number of aryl methyl sites for hydroxylation is 1. The Morgan fingerprint density at radius 3 is 2.52 bits per heavy atom. The van der Waals surface area contributed by atoms with E-state index < -0.39 is 30.1 Å². The lowest BCUT2D eigenvalue weighted by atomic mass is 10.1. The molecule has 1 saturated heterocycles. The van der Waals surface area contributed by atoms with Crippen molar-refractivity contribution in [3.63, 3.8) is 0 Å². The van der Waals surface area contributed by atoms with E-state index in [4.69, 9.17) is 4.74 Å². The van der Waals surface area contributed by atoms with Gasteiger partial charge < -0.3 is 14.5 Å². The second-order valence-electron chi connectivity index (χ2n) is 7.69. The predicted molar refractivity (Wildman–Crippen MR) is 114 cm³/mol. The van der Waals surface area contributed by atoms with Crippen LogP contribution in [-0.4, -0.2) is 67.5 Å². The molecule has 0 N–H and O–H groups in total. The Hall–Kier alpha value is -3.40. The van der Waals surface area contributed by atoms with Gasteiger partial charge in [-0.1, -0.05) is 18.2 Å². The van der Waals surface area contributed by atoms with Crippen molar-refractivity contribution in [3.05, 3.63) is 65.2 Å². The molecule has 176 valence electrons. The Labute approximate surface area is 189 Å². The van der Waals surface area contributed by atoms with Gasteiger partial charge in [-0.3, -0.25) is 19.3 Å². The Kier molecular flexibility index (Phi) is 7.37. The number of amides is 3. The molecule has 2 aromatic carbocycles. The van der Waals surface area contributed by atoms with E-state index in [0.717, 1.165) is 28.7 Å². The summed E-state index contributed by atoms with van der Waals surface area (Å²) < 4.78 is 44.1. The molecule has 1 aliphatic rings. The summed E-state index contributed by atoms with van der Waals surface area (Å²) in [6.45, 7) is 1.46. The molecule has 0 atom stereocenters. The van der Waals surface area contributed by atoms with Crippen LogP contribution >= 0.6 is 0 Å². The molecule has 7 nitrogen and oxygen atoms in total. The first-order valence-corrected chi connectivity index (χ1v) is 10.2. The smallest absolute Gasteiger partial charge is 0.383 e. The minimum atomic E-state index is -4.60. The van der Waals surface area contributed by atoms with Gasteiger partial charge in [0.15, 0.2) is 0 Å². The summed E-state index contributed by atoms with van der Waals surface area (Å²) in [5.41, 5.74) is 0.479. The minimum Gasteiger partial charge on any atom is -0.383 e. The Morgan fingerprint density at radius 2 is 1.85 bits per heavy atom. The number of carbonyl (C=O) groups is 3. The molecule has 1 fully saturated rings. The standard InChI is InChI=1S/C23H24F3N3O4/c1-16-5-3-8-19(11-16)29-15-28(14-21(29)31)20(30)13-27(9-10-33-2)22(32)17-6-4-7-18(12-17)23(24,25)26/h3-8,11-12H,9-10,13-15H2,1-2H3. The third kappa shape index (κ3) is 5.89. The van der Waals surface area contributed by atoms with Crippen molar-refractivity contribution in [2.24, 2.45) is 0 Å². The number of halogens is 3. The van der Waals surface area contributed by atoms with Crippen LogP contribution in [0.4, 0.5) is 18.9 Å². The molecule has 0 aromatic heterocycles. The molecular formula is C23H24F3N3O4. The molecule has 3 amide bonds. The number of hydrogen-bond acceptors (Lipinski definition) is 4. The maximum Gasteiger partial charge on any atom is 0.416 e. The summed E-state index contributed by atoms with van der Waals surface area (Å²) in [5.74, 6) is -1.48. The first kappa shape index (κ1) is 24.2. The SMILES string of the molecule is COCCN(CC(=O)N1CC(=O)N(c2cccc(C)c2)C1)C(=O)c1cccc(C(F)(F)F)c1. The van der Waals surface area contributed by atoms with Crippen molar-refractivity contribution in [1.29, 1.82) is 0 Å². The second-order valence-corrected chi connectivity index (χ2v) is 7.69. The topological polar surface area (TPSA) is 70.2 Å². The highest BCUT2D eigenvalue weighted by molar-refractivity contribution is 6.01. The van der Waals surface area contributed by atoms with Gasteiger partial charge in [0.1, 0.15) is 19.8 Å². The van der Waals surface area contributed by atoms with Gasteiger partial charge in [-0.15, -0.1) is 0 Å². The van der Waals surface area contributed by atoms with Gasteiger partial charge >= 0.3 is 6.18 Å². The average molecular weight is 463 g/mol. The number of carbonyl (C=O) groups excluding carboxylic acids is 3. The van der Waals surface area contributed by atoms with E-state index in [2.05, 4.69) is 0 Å². The number of ether oxygens (including phenoxy) is 1. The van der Waals surface area contributed by atoms with Gasteiger partial charge in [0.05, 0.1) is 12.2 Å². The summed E-state index contributed by atoms with van der Waals surface area (Å²) in [4.78, 5) is 42.2. The van der Waals surface area contributed by atoms with E-state index in [9.17, 15) is 27.6 Å². The number of benzene rings is 2. The first-order chi connectivity index (χ1) is 15.6. The van der Waals surface area contributed by atoms with Crippen molar-refractivity contribution >= 4 is 23.4 Å². The van der Waals surface area contributed by atoms with Gasteiger partial charge in [-0.25, -0.2) is 0 Å². The molecular weight excluding hydrogens is 439 g/mol. The number of hydrogen-bond donors (Lipinski definition) is 0. The fourth-order valence-electron chi connectivity index (χ4n) is 3.47. The number of alkyl halides is 3. The fraction of sp³-hybridized carbons (Fsp3) is 0.348. The molecule has 0 bridgehead atoms. The lowest BCUT2D eigenvalue weighted by Gasteiger charge is -2.25. The molecule has 3 rings (SSSR count). The molecule has 0 spiro atoms. The first-order valence-electron chi connectivity index (χ1n) is 10.2. The average Bonchev–Trinajstić information content (AvgIpc) is 3.17. The van der Waals surface area contributed by atoms with Crippen LogP contribution in [0.25, 0.3) is 0 Å². The van der Waals surface area contributed by atoms with E-state index >= 15 is 0 Å². The highest BCUT2D eigenvalue weighted by atomic mass is 19.4. The summed E-state index contributed by atoms with van der Waals surface area (Å²) in [7, 11) is 1.41. The lowest BCUT2D eigenvalue weighted by Crippen LogP contribution is -2.44. The van der Waals surface area contributed by atoms with E-state index in [1.165, 1.54) is 23.0 Å². The molecule has 1 aliphatic heterocycles. The lowest BCUT2D eigenvalue weighted by molar-refractivity contribution is -0.137. The van der Waals surface area contributed by atoms with Crippen LogP contribution in [0.15, 0.2) is 48.5 Å². The zero-order chi connectivity index (χ0) is 24.2. The molecule has 0 unspecified atom stereocenters. The number of methoxy groups -OCH3 is 1. The maximum absolute atomic E-state index is 13.0. The van der Waals surface area contributed by atoms with Crippen LogP contribution in [0, 0.1) is 6.92 Å². The van der Waals surface area contributed by atoms with Crippen LogP contribution in [-0.2, 0) is 20.5 Å². The van der Waals surface area contributed by atoms with E-state index in [-0.39, 0.29) is 37.8 Å². The summed E-state index contributed by atoms with van der Waals surface area (Å²) >= 11 is 0. The van der Waals surface area contributed by atoms with E-state index in [1.54, 1.807) is 6.07 Å². The van der Waals surface area contributed by atoms with Crippen molar-refractivity contribution in [2.45, 2.75) is 13.1 Å². The molecule has 33 heavy (non-hydrogen) atoms. The van der Waals surface area contributed by atoms with Crippen LogP contribution in [0.5, 0.6) is 0 Å². The van der Waals surface area contributed by atoms with Gasteiger partial charge in [0.25, 0.3) is 5.91 Å². The Balaban J connectivity index is 1.74. The van der Waals surface area contributed by atoms with Crippen molar-refractivity contribution < 1.29 is 32.3 Å². The van der Waals surface area contributed by atoms with Crippen LogP contribution < -0.4 is 4.90 Å². The van der Waals surface area contributed by atoms with Crippen LogP contribution in [0.1, 0.15) is 21.5 Å². The van der Waals surface area contributed by atoms with Crippen LogP contribution in [0.2, 0.25) is 0 Å². The van der Waals surface area contributed by atoms with Gasteiger partial charge in [-0.05, 0) is 42.8 Å². The van der Waals surface area contributed by atoms with Gasteiger partial charge in [0, 0.05) is 24.9 Å². The third-order valence-corrected chi connectivity index (χ3v) is 5.22. The quantitative estimate of drug-likeness (QED) is 0.633. The minimum absolute atomic E-state index is 0.000694. The number of rotatable bonds is 7. The molecule has 2 aromatic rings. The molecule has 0 aliphatic carbocycles. The van der Waals surface area contributed by atoms with Gasteiger partial charge in [-0.2, -0.15) is 13.2 Å². The zero-order valence-electron chi connectivity index (χ0n) is 18.3. The van der Waals surface area contributed by atoms with Crippen LogP contribution in [0.3, 0.4) is 0 Å². The largest absolute Gasteiger partial charge is 0.416 e. The molecule has 0 radical (unpaired) electrons. The number of nitrogens with zero attached hydrogens (tertiary/aromatic N) is 3. The van der Waals surface area contributed by atoms with Crippen molar-refractivity contribution in [3.8, 4) is 0 Å². The summed E-state index contributed by atoms with van der Waals surface area (Å²) in [6, 6.07) is 11.3. The second kappa shape index (κ2) is 10.0. The highest BCUT2D eigenvalue weighted by Crippen LogP contribution is 2.30. The normalized spacial score (nSPS) is 14.0. The molecule has 10 heteroatoms. The third-order valence-electron chi connectivity index (χ3n) is 5.22. The maximum atomic E-state index is 13.0. The Morgan fingerprint density at radius 1 is 1.12 bits per heavy atom. The predicted octanol–water partition coefficient (Wildman–Crippen LogP) is 2.94. The summed E-state index contributed by atoms with van der Waals surface area (Å²) in [6.07, 6.45) is -4.60. The van der Waals surface area contributed by atoms with Gasteiger partial charge in [0.2, 0.25) is 11.8 Å². The highest BCUT2D eigenvalue weighted by Gasteiger charge is 2.34. The Bertz CT molecular complexity index is 1040. The monoisotopic (exact) mass is 463 g/mol. The molecule has 1 heterocycles. The molecule has 0 saturated carbocycles. The van der Waals surface area contributed by atoms with Crippen molar-refractivity contribution in [1.82, 2.24) is 9.80 Å². The number of anilines is 1. The zero-order valence-corrected chi connectivity index (χ0v) is 18.3.